The van der Waals surface area contributed by atoms with Crippen LogP contribution in [0.5, 0.6) is 0 Å². The van der Waals surface area contributed by atoms with Gasteiger partial charge in [-0.1, -0.05) is 13.8 Å². The second-order valence-electron chi connectivity index (χ2n) is 4.43. The second-order valence-corrected chi connectivity index (χ2v) is 4.43. The maximum absolute atomic E-state index is 14.0. The summed E-state index contributed by atoms with van der Waals surface area (Å²) >= 11 is 0. The van der Waals surface area contributed by atoms with Gasteiger partial charge in [0.15, 0.2) is 0 Å². The zero-order valence-corrected chi connectivity index (χ0v) is 11.2. The van der Waals surface area contributed by atoms with Crippen molar-refractivity contribution in [3.8, 4) is 0 Å². The number of hydrogen-bond acceptors (Lipinski definition) is 2. The highest BCUT2D eigenvalue weighted by Crippen LogP contribution is 2.25. The Morgan fingerprint density at radius 1 is 1.06 bits per heavy atom. The fourth-order valence-electron chi connectivity index (χ4n) is 2.11. The molecule has 2 N–H and O–H groups in total. The van der Waals surface area contributed by atoms with Gasteiger partial charge in [-0.2, -0.15) is 0 Å². The lowest BCUT2D eigenvalue weighted by atomic mass is 10.1. The summed E-state index contributed by atoms with van der Waals surface area (Å²) in [5.41, 5.74) is 6.11. The Morgan fingerprint density at radius 2 is 1.56 bits per heavy atom. The number of nitrogens with zero attached hydrogens (tertiary/aromatic N) is 1. The maximum atomic E-state index is 14.0. The summed E-state index contributed by atoms with van der Waals surface area (Å²) in [7, 11) is 0. The summed E-state index contributed by atoms with van der Waals surface area (Å²) in [6.07, 6.45) is 2.22. The van der Waals surface area contributed by atoms with Crippen LogP contribution < -0.4 is 10.6 Å². The zero-order valence-electron chi connectivity index (χ0n) is 11.2. The quantitative estimate of drug-likeness (QED) is 0.812. The lowest BCUT2D eigenvalue weighted by Gasteiger charge is -2.25. The largest absolute Gasteiger partial charge is 0.367 e. The van der Waals surface area contributed by atoms with Crippen LogP contribution in [0.4, 0.5) is 14.5 Å². The molecule has 18 heavy (non-hydrogen) atoms. The molecule has 0 amide bonds. The number of anilines is 1. The van der Waals surface area contributed by atoms with Gasteiger partial charge in [-0.05, 0) is 43.5 Å². The van der Waals surface area contributed by atoms with Crippen LogP contribution in [-0.2, 0) is 6.42 Å². The minimum Gasteiger partial charge on any atom is -0.367 e. The molecule has 0 atom stereocenters. The first-order valence-electron chi connectivity index (χ1n) is 6.56. The second kappa shape index (κ2) is 7.31. The molecule has 0 aliphatic heterocycles. The van der Waals surface area contributed by atoms with E-state index in [-0.39, 0.29) is 5.69 Å². The van der Waals surface area contributed by atoms with Gasteiger partial charge in [-0.25, -0.2) is 8.78 Å². The predicted octanol–water partition coefficient (Wildman–Crippen LogP) is 3.09. The van der Waals surface area contributed by atoms with Crippen LogP contribution in [0.3, 0.4) is 0 Å². The zero-order chi connectivity index (χ0) is 13.5. The summed E-state index contributed by atoms with van der Waals surface area (Å²) in [4.78, 5) is 1.77. The van der Waals surface area contributed by atoms with Crippen molar-refractivity contribution >= 4 is 5.69 Å². The summed E-state index contributed by atoms with van der Waals surface area (Å²) in [5.74, 6) is -0.972. The molecule has 1 rings (SSSR count). The number of hydrogen-bond donors (Lipinski definition) is 1. The Bertz CT molecular complexity index is 351. The van der Waals surface area contributed by atoms with Gasteiger partial charge in [0.05, 0.1) is 0 Å². The molecule has 0 aliphatic rings. The summed E-state index contributed by atoms with van der Waals surface area (Å²) in [5, 5.41) is 0. The lowest BCUT2D eigenvalue weighted by Crippen LogP contribution is -2.27. The van der Waals surface area contributed by atoms with E-state index in [4.69, 9.17) is 5.73 Å². The molecule has 2 nitrogen and oxygen atoms in total. The Labute approximate surface area is 108 Å². The van der Waals surface area contributed by atoms with E-state index in [1.165, 1.54) is 12.1 Å². The molecule has 0 bridgehead atoms. The molecule has 0 unspecified atom stereocenters. The molecule has 0 heterocycles. The van der Waals surface area contributed by atoms with E-state index in [9.17, 15) is 8.78 Å². The molecule has 0 aromatic heterocycles. The highest BCUT2D eigenvalue weighted by molar-refractivity contribution is 5.50. The minimum atomic E-state index is -0.486. The van der Waals surface area contributed by atoms with E-state index in [1.54, 1.807) is 4.90 Å². The topological polar surface area (TPSA) is 29.3 Å². The molecule has 0 saturated heterocycles. The molecule has 1 aromatic rings. The SMILES string of the molecule is CCCN(CCC)c1c(F)cc(CCN)cc1F. The van der Waals surface area contributed by atoms with E-state index < -0.39 is 11.6 Å². The molecule has 1 aromatic carbocycles. The normalized spacial score (nSPS) is 10.7. The van der Waals surface area contributed by atoms with Crippen molar-refractivity contribution in [1.82, 2.24) is 0 Å². The molecule has 0 spiro atoms. The van der Waals surface area contributed by atoms with Crippen molar-refractivity contribution in [3.05, 3.63) is 29.3 Å². The first-order chi connectivity index (χ1) is 8.63. The van der Waals surface area contributed by atoms with Crippen LogP contribution in [0.2, 0.25) is 0 Å². The van der Waals surface area contributed by atoms with Gasteiger partial charge in [-0.3, -0.25) is 0 Å². The highest BCUT2D eigenvalue weighted by Gasteiger charge is 2.16. The average Bonchev–Trinajstić information content (AvgIpc) is 2.29. The number of rotatable bonds is 7. The van der Waals surface area contributed by atoms with Gasteiger partial charge in [-0.15, -0.1) is 0 Å². The van der Waals surface area contributed by atoms with Crippen LogP contribution in [-0.4, -0.2) is 19.6 Å². The monoisotopic (exact) mass is 256 g/mol. The maximum Gasteiger partial charge on any atom is 0.149 e. The van der Waals surface area contributed by atoms with E-state index in [0.717, 1.165) is 12.8 Å². The first-order valence-corrected chi connectivity index (χ1v) is 6.56. The molecule has 0 fully saturated rings. The van der Waals surface area contributed by atoms with Crippen molar-refractivity contribution in [3.63, 3.8) is 0 Å². The van der Waals surface area contributed by atoms with Crippen molar-refractivity contribution < 1.29 is 8.78 Å². The van der Waals surface area contributed by atoms with Gasteiger partial charge in [0.2, 0.25) is 0 Å². The van der Waals surface area contributed by atoms with E-state index in [2.05, 4.69) is 0 Å². The first kappa shape index (κ1) is 14.9. The summed E-state index contributed by atoms with van der Waals surface area (Å²) in [6, 6.07) is 2.78. The predicted molar refractivity (Wildman–Crippen MR) is 71.9 cm³/mol. The molecular weight excluding hydrogens is 234 g/mol. The fraction of sp³-hybridized carbons (Fsp3) is 0.571. The number of halogens is 2. The molecular formula is C14H22F2N2. The van der Waals surface area contributed by atoms with Gasteiger partial charge in [0, 0.05) is 13.1 Å². The smallest absolute Gasteiger partial charge is 0.149 e. The van der Waals surface area contributed by atoms with Gasteiger partial charge in [0.1, 0.15) is 17.3 Å². The fourth-order valence-corrected chi connectivity index (χ4v) is 2.11. The molecule has 0 saturated carbocycles. The van der Waals surface area contributed by atoms with Crippen molar-refractivity contribution in [2.45, 2.75) is 33.1 Å². The van der Waals surface area contributed by atoms with E-state index in [1.807, 2.05) is 13.8 Å². The van der Waals surface area contributed by atoms with Gasteiger partial charge >= 0.3 is 0 Å². The van der Waals surface area contributed by atoms with Crippen molar-refractivity contribution in [1.29, 1.82) is 0 Å². The molecule has 0 radical (unpaired) electrons. The Hall–Kier alpha value is -1.16. The van der Waals surface area contributed by atoms with Crippen LogP contribution >= 0.6 is 0 Å². The van der Waals surface area contributed by atoms with Gasteiger partial charge < -0.3 is 10.6 Å². The molecule has 4 heteroatoms. The van der Waals surface area contributed by atoms with Crippen molar-refractivity contribution in [2.75, 3.05) is 24.5 Å². The third kappa shape index (κ3) is 3.67. The van der Waals surface area contributed by atoms with Crippen molar-refractivity contribution in [2.24, 2.45) is 5.73 Å². The van der Waals surface area contributed by atoms with Crippen LogP contribution in [0.15, 0.2) is 12.1 Å². The Kier molecular flexibility index (Phi) is 6.05. The van der Waals surface area contributed by atoms with Crippen LogP contribution in [0.1, 0.15) is 32.3 Å². The van der Waals surface area contributed by atoms with E-state index >= 15 is 0 Å². The number of nitrogens with two attached hydrogens (primary N) is 1. The van der Waals surface area contributed by atoms with Gasteiger partial charge in [0.25, 0.3) is 0 Å². The standard InChI is InChI=1S/C14H22F2N2/c1-3-7-18(8-4-2)14-12(15)9-11(5-6-17)10-13(14)16/h9-10H,3-8,17H2,1-2H3. The Balaban J connectivity index is 3.05. The summed E-state index contributed by atoms with van der Waals surface area (Å²) in [6.45, 7) is 5.73. The van der Waals surface area contributed by atoms with E-state index in [0.29, 0.717) is 31.6 Å². The highest BCUT2D eigenvalue weighted by atomic mass is 19.1. The third-order valence-corrected chi connectivity index (χ3v) is 2.81. The number of benzene rings is 1. The molecule has 0 aliphatic carbocycles. The minimum absolute atomic E-state index is 0.0967. The van der Waals surface area contributed by atoms with Crippen LogP contribution in [0, 0.1) is 11.6 Å². The average molecular weight is 256 g/mol. The lowest BCUT2D eigenvalue weighted by molar-refractivity contribution is 0.564. The van der Waals surface area contributed by atoms with Crippen LogP contribution in [0.25, 0.3) is 0 Å². The summed E-state index contributed by atoms with van der Waals surface area (Å²) < 4.78 is 28.0. The molecule has 102 valence electrons. The Morgan fingerprint density at radius 3 is 1.94 bits per heavy atom. The third-order valence-electron chi connectivity index (χ3n) is 2.81.